The fourth-order valence-corrected chi connectivity index (χ4v) is 1.42. The minimum Gasteiger partial charge on any atom is -0.320 e. The Hall–Kier alpha value is 0.270. The van der Waals surface area contributed by atoms with Crippen molar-refractivity contribution in [2.75, 3.05) is 26.7 Å². The number of rotatable bonds is 6. The molecule has 0 heterocycles. The molecule has 3 heteroatoms. The van der Waals surface area contributed by atoms with E-state index in [1.54, 1.807) is 0 Å². The highest BCUT2D eigenvalue weighted by Gasteiger charge is 2.00. The first-order valence-electron chi connectivity index (χ1n) is 4.25. The SMILES string of the molecule is CNCCCN(S)CC(C)C. The van der Waals surface area contributed by atoms with E-state index in [0.717, 1.165) is 19.6 Å². The zero-order valence-electron chi connectivity index (χ0n) is 7.80. The Morgan fingerprint density at radius 3 is 2.55 bits per heavy atom. The Bertz CT molecular complexity index is 86.2. The van der Waals surface area contributed by atoms with Gasteiger partial charge in [-0.2, -0.15) is 0 Å². The monoisotopic (exact) mass is 176 g/mol. The lowest BCUT2D eigenvalue weighted by atomic mass is 10.2. The third-order valence-electron chi connectivity index (χ3n) is 1.42. The van der Waals surface area contributed by atoms with Crippen LogP contribution in [0.3, 0.4) is 0 Å². The van der Waals surface area contributed by atoms with Gasteiger partial charge in [-0.25, -0.2) is 0 Å². The molecule has 0 aliphatic carbocycles. The smallest absolute Gasteiger partial charge is 0.0110 e. The lowest BCUT2D eigenvalue weighted by molar-refractivity contribution is 0.403. The van der Waals surface area contributed by atoms with Crippen LogP contribution >= 0.6 is 12.8 Å². The van der Waals surface area contributed by atoms with Gasteiger partial charge < -0.3 is 5.32 Å². The standard InChI is InChI=1S/C8H20N2S/c1-8(2)7-10(11)6-4-5-9-3/h8-9,11H,4-7H2,1-3H3. The molecule has 0 atom stereocenters. The van der Waals surface area contributed by atoms with Gasteiger partial charge >= 0.3 is 0 Å². The molecule has 68 valence electrons. The molecule has 0 amide bonds. The summed E-state index contributed by atoms with van der Waals surface area (Å²) in [6.07, 6.45) is 1.17. The maximum absolute atomic E-state index is 4.35. The zero-order chi connectivity index (χ0) is 8.69. The molecule has 0 fully saturated rings. The van der Waals surface area contributed by atoms with Crippen LogP contribution in [0.1, 0.15) is 20.3 Å². The van der Waals surface area contributed by atoms with Crippen LogP contribution in [0.15, 0.2) is 0 Å². The Balaban J connectivity index is 3.15. The molecule has 0 aromatic heterocycles. The van der Waals surface area contributed by atoms with Crippen LogP contribution in [0.5, 0.6) is 0 Å². The normalized spacial score (nSPS) is 11.5. The fraction of sp³-hybridized carbons (Fsp3) is 1.00. The molecule has 1 N–H and O–H groups in total. The molecule has 0 unspecified atom stereocenters. The molecule has 0 rings (SSSR count). The lowest BCUT2D eigenvalue weighted by Crippen LogP contribution is -2.22. The van der Waals surface area contributed by atoms with E-state index < -0.39 is 0 Å². The first-order valence-corrected chi connectivity index (χ1v) is 4.65. The quantitative estimate of drug-likeness (QED) is 0.470. The molecule has 11 heavy (non-hydrogen) atoms. The second-order valence-corrected chi connectivity index (χ2v) is 3.83. The first-order chi connectivity index (χ1) is 5.16. The second-order valence-electron chi connectivity index (χ2n) is 3.26. The van der Waals surface area contributed by atoms with Crippen LogP contribution in [0.2, 0.25) is 0 Å². The fourth-order valence-electron chi connectivity index (χ4n) is 0.951. The number of nitrogens with one attached hydrogen (secondary N) is 1. The van der Waals surface area contributed by atoms with Gasteiger partial charge in [0.15, 0.2) is 0 Å². The van der Waals surface area contributed by atoms with E-state index in [-0.39, 0.29) is 0 Å². The van der Waals surface area contributed by atoms with Crippen molar-refractivity contribution in [1.82, 2.24) is 9.62 Å². The van der Waals surface area contributed by atoms with Gasteiger partial charge in [0, 0.05) is 13.1 Å². The number of thiol groups is 1. The van der Waals surface area contributed by atoms with Crippen LogP contribution in [-0.4, -0.2) is 31.0 Å². The summed E-state index contributed by atoms with van der Waals surface area (Å²) >= 11 is 4.35. The van der Waals surface area contributed by atoms with Crippen LogP contribution < -0.4 is 5.32 Å². The number of hydrogen-bond acceptors (Lipinski definition) is 3. The van der Waals surface area contributed by atoms with E-state index in [1.165, 1.54) is 6.42 Å². The predicted molar refractivity (Wildman–Crippen MR) is 53.9 cm³/mol. The highest BCUT2D eigenvalue weighted by atomic mass is 32.1. The summed E-state index contributed by atoms with van der Waals surface area (Å²) in [5.41, 5.74) is 0. The molecule has 0 radical (unpaired) electrons. The zero-order valence-corrected chi connectivity index (χ0v) is 8.69. The summed E-state index contributed by atoms with van der Waals surface area (Å²) in [6.45, 7) is 7.65. The summed E-state index contributed by atoms with van der Waals surface area (Å²) in [5, 5.41) is 3.12. The highest BCUT2D eigenvalue weighted by molar-refractivity contribution is 7.77. The van der Waals surface area contributed by atoms with Gasteiger partial charge in [0.1, 0.15) is 0 Å². The summed E-state index contributed by atoms with van der Waals surface area (Å²) in [4.78, 5) is 0. The van der Waals surface area contributed by atoms with E-state index in [4.69, 9.17) is 0 Å². The Labute approximate surface area is 75.9 Å². The number of hydrogen-bond donors (Lipinski definition) is 2. The first kappa shape index (κ1) is 11.3. The average molecular weight is 176 g/mol. The predicted octanol–water partition coefficient (Wildman–Crippen LogP) is 1.40. The molecule has 0 spiro atoms. The van der Waals surface area contributed by atoms with Gasteiger partial charge in [-0.15, -0.1) is 0 Å². The van der Waals surface area contributed by atoms with E-state index >= 15 is 0 Å². The van der Waals surface area contributed by atoms with Crippen LogP contribution in [0.4, 0.5) is 0 Å². The second kappa shape index (κ2) is 6.95. The summed E-state index contributed by atoms with van der Waals surface area (Å²) in [6, 6.07) is 0. The third kappa shape index (κ3) is 8.17. The summed E-state index contributed by atoms with van der Waals surface area (Å²) < 4.78 is 2.09. The van der Waals surface area contributed by atoms with Gasteiger partial charge in [0.25, 0.3) is 0 Å². The molecule has 2 nitrogen and oxygen atoms in total. The molecule has 0 bridgehead atoms. The van der Waals surface area contributed by atoms with E-state index in [1.807, 2.05) is 7.05 Å². The molecular formula is C8H20N2S. The van der Waals surface area contributed by atoms with Crippen molar-refractivity contribution in [3.8, 4) is 0 Å². The van der Waals surface area contributed by atoms with Crippen LogP contribution in [0.25, 0.3) is 0 Å². The van der Waals surface area contributed by atoms with Crippen molar-refractivity contribution >= 4 is 12.8 Å². The molecule has 0 saturated carbocycles. The van der Waals surface area contributed by atoms with Crippen molar-refractivity contribution in [3.63, 3.8) is 0 Å². The maximum atomic E-state index is 4.35. The molecule has 0 aromatic carbocycles. The van der Waals surface area contributed by atoms with Gasteiger partial charge in [0.2, 0.25) is 0 Å². The van der Waals surface area contributed by atoms with Crippen molar-refractivity contribution in [2.45, 2.75) is 20.3 Å². The van der Waals surface area contributed by atoms with Crippen molar-refractivity contribution < 1.29 is 0 Å². The molecule has 0 aliphatic heterocycles. The topological polar surface area (TPSA) is 15.3 Å². The third-order valence-corrected chi connectivity index (χ3v) is 1.78. The molecule has 0 saturated heterocycles. The maximum Gasteiger partial charge on any atom is 0.0110 e. The molecular weight excluding hydrogens is 156 g/mol. The van der Waals surface area contributed by atoms with Crippen LogP contribution in [-0.2, 0) is 0 Å². The average Bonchev–Trinajstić information content (AvgIpc) is 1.86. The van der Waals surface area contributed by atoms with Gasteiger partial charge in [-0.3, -0.25) is 4.31 Å². The van der Waals surface area contributed by atoms with Crippen molar-refractivity contribution in [1.29, 1.82) is 0 Å². The van der Waals surface area contributed by atoms with Gasteiger partial charge in [-0.1, -0.05) is 26.7 Å². The van der Waals surface area contributed by atoms with Crippen molar-refractivity contribution in [3.05, 3.63) is 0 Å². The molecule has 0 aliphatic rings. The number of nitrogens with zero attached hydrogens (tertiary/aromatic N) is 1. The minimum atomic E-state index is 0.710. The van der Waals surface area contributed by atoms with Gasteiger partial charge in [-0.05, 0) is 25.9 Å². The van der Waals surface area contributed by atoms with E-state index in [9.17, 15) is 0 Å². The van der Waals surface area contributed by atoms with Crippen molar-refractivity contribution in [2.24, 2.45) is 5.92 Å². The van der Waals surface area contributed by atoms with Crippen LogP contribution in [0, 0.1) is 5.92 Å². The Morgan fingerprint density at radius 1 is 1.45 bits per heavy atom. The largest absolute Gasteiger partial charge is 0.320 e. The minimum absolute atomic E-state index is 0.710. The van der Waals surface area contributed by atoms with Gasteiger partial charge in [0.05, 0.1) is 0 Å². The molecule has 0 aromatic rings. The summed E-state index contributed by atoms with van der Waals surface area (Å²) in [5.74, 6) is 0.710. The lowest BCUT2D eigenvalue weighted by Gasteiger charge is -2.16. The van der Waals surface area contributed by atoms with E-state index in [0.29, 0.717) is 5.92 Å². The Morgan fingerprint density at radius 2 is 2.09 bits per heavy atom. The summed E-state index contributed by atoms with van der Waals surface area (Å²) in [7, 11) is 1.98. The Kier molecular flexibility index (Phi) is 7.12. The highest BCUT2D eigenvalue weighted by Crippen LogP contribution is 2.01. The van der Waals surface area contributed by atoms with E-state index in [2.05, 4.69) is 36.3 Å².